The molecule has 1 saturated heterocycles. The number of amides is 1. The maximum atomic E-state index is 14.1. The number of para-hydroxylation sites is 2. The summed E-state index contributed by atoms with van der Waals surface area (Å²) in [5, 5.41) is 2.48. The lowest BCUT2D eigenvalue weighted by Gasteiger charge is -2.15. The average Bonchev–Trinajstić information content (AvgIpc) is 2.92. The van der Waals surface area contributed by atoms with Gasteiger partial charge in [0.15, 0.2) is 21.4 Å². The Morgan fingerprint density at radius 2 is 1.88 bits per heavy atom. The van der Waals surface area contributed by atoms with Crippen LogP contribution in [0.3, 0.4) is 0 Å². The summed E-state index contributed by atoms with van der Waals surface area (Å²) in [6.07, 6.45) is 0.248. The van der Waals surface area contributed by atoms with Crippen molar-refractivity contribution in [3.05, 3.63) is 54.3 Å². The molecule has 0 aliphatic carbocycles. The second kappa shape index (κ2) is 6.60. The zero-order chi connectivity index (χ0) is 17.2. The number of anilines is 1. The molecule has 0 radical (unpaired) electrons. The normalized spacial score (nSPS) is 19.0. The molecule has 0 aromatic heterocycles. The molecule has 7 heteroatoms. The van der Waals surface area contributed by atoms with Crippen LogP contribution in [0.5, 0.6) is 11.5 Å². The molecule has 2 aromatic carbocycles. The molecular formula is C17H16FNO4S. The second-order valence-electron chi connectivity index (χ2n) is 5.62. The summed E-state index contributed by atoms with van der Waals surface area (Å²) >= 11 is 0. The van der Waals surface area contributed by atoms with Crippen molar-refractivity contribution in [2.75, 3.05) is 16.8 Å². The number of ether oxygens (including phenoxy) is 1. The molecule has 24 heavy (non-hydrogen) atoms. The molecule has 1 aliphatic heterocycles. The number of nitrogens with one attached hydrogen (secondary N) is 1. The van der Waals surface area contributed by atoms with E-state index in [4.69, 9.17) is 4.74 Å². The monoisotopic (exact) mass is 349 g/mol. The van der Waals surface area contributed by atoms with E-state index in [0.29, 0.717) is 5.75 Å². The van der Waals surface area contributed by atoms with Crippen LogP contribution >= 0.6 is 0 Å². The smallest absolute Gasteiger partial charge is 0.228 e. The van der Waals surface area contributed by atoms with Gasteiger partial charge in [0.25, 0.3) is 0 Å². The van der Waals surface area contributed by atoms with Crippen LogP contribution in [0.2, 0.25) is 0 Å². The van der Waals surface area contributed by atoms with Crippen LogP contribution in [0.4, 0.5) is 10.1 Å². The van der Waals surface area contributed by atoms with Gasteiger partial charge >= 0.3 is 0 Å². The Morgan fingerprint density at radius 3 is 2.54 bits per heavy atom. The van der Waals surface area contributed by atoms with Gasteiger partial charge in [-0.3, -0.25) is 4.79 Å². The highest BCUT2D eigenvalue weighted by atomic mass is 32.2. The first-order valence-corrected chi connectivity index (χ1v) is 9.29. The lowest BCUT2D eigenvalue weighted by atomic mass is 10.1. The zero-order valence-electron chi connectivity index (χ0n) is 12.7. The fourth-order valence-electron chi connectivity index (χ4n) is 2.55. The molecule has 1 amide bonds. The van der Waals surface area contributed by atoms with Crippen LogP contribution < -0.4 is 10.1 Å². The molecule has 1 N–H and O–H groups in total. The molecule has 3 rings (SSSR count). The number of benzene rings is 2. The predicted molar refractivity (Wildman–Crippen MR) is 88.3 cm³/mol. The van der Waals surface area contributed by atoms with Crippen molar-refractivity contribution < 1.29 is 22.3 Å². The quantitative estimate of drug-likeness (QED) is 0.921. The van der Waals surface area contributed by atoms with E-state index in [1.54, 1.807) is 24.3 Å². The number of hydrogen-bond donors (Lipinski definition) is 1. The number of halogens is 1. The molecule has 1 atom stereocenters. The largest absolute Gasteiger partial charge is 0.455 e. The summed E-state index contributed by atoms with van der Waals surface area (Å²) in [5.74, 6) is -1.38. The minimum atomic E-state index is -3.19. The Labute approximate surface area is 139 Å². The maximum Gasteiger partial charge on any atom is 0.228 e. The summed E-state index contributed by atoms with van der Waals surface area (Å²) in [7, 11) is -3.19. The molecule has 0 saturated carbocycles. The minimum Gasteiger partial charge on any atom is -0.455 e. The molecule has 126 valence electrons. The van der Waals surface area contributed by atoms with Gasteiger partial charge in [0.2, 0.25) is 5.91 Å². The van der Waals surface area contributed by atoms with Gasteiger partial charge in [0.1, 0.15) is 11.4 Å². The molecule has 1 unspecified atom stereocenters. The van der Waals surface area contributed by atoms with Crippen LogP contribution in [0.15, 0.2) is 48.5 Å². The summed E-state index contributed by atoms with van der Waals surface area (Å²) < 4.78 is 42.7. The Bertz CT molecular complexity index is 852. The highest BCUT2D eigenvalue weighted by molar-refractivity contribution is 7.91. The molecule has 1 heterocycles. The van der Waals surface area contributed by atoms with Crippen molar-refractivity contribution in [2.24, 2.45) is 5.92 Å². The molecular weight excluding hydrogens is 333 g/mol. The first-order chi connectivity index (χ1) is 11.4. The van der Waals surface area contributed by atoms with Crippen molar-refractivity contribution >= 4 is 21.4 Å². The topological polar surface area (TPSA) is 72.5 Å². The van der Waals surface area contributed by atoms with E-state index in [2.05, 4.69) is 5.32 Å². The molecule has 2 aromatic rings. The van der Waals surface area contributed by atoms with Crippen LogP contribution in [-0.2, 0) is 14.6 Å². The molecule has 1 fully saturated rings. The molecule has 0 bridgehead atoms. The number of carbonyl (C=O) groups is 1. The second-order valence-corrected chi connectivity index (χ2v) is 7.85. The van der Waals surface area contributed by atoms with Gasteiger partial charge in [-0.05, 0) is 30.7 Å². The third-order valence-corrected chi connectivity index (χ3v) is 5.57. The van der Waals surface area contributed by atoms with Gasteiger partial charge in [-0.25, -0.2) is 12.8 Å². The van der Waals surface area contributed by atoms with E-state index in [1.807, 2.05) is 6.07 Å². The van der Waals surface area contributed by atoms with Gasteiger partial charge in [0, 0.05) is 0 Å². The van der Waals surface area contributed by atoms with Crippen molar-refractivity contribution in [1.29, 1.82) is 0 Å². The van der Waals surface area contributed by atoms with Crippen LogP contribution in [0, 0.1) is 11.7 Å². The lowest BCUT2D eigenvalue weighted by Crippen LogP contribution is -2.24. The van der Waals surface area contributed by atoms with E-state index in [-0.39, 0.29) is 29.4 Å². The van der Waals surface area contributed by atoms with Crippen LogP contribution in [-0.4, -0.2) is 25.8 Å². The fraction of sp³-hybridized carbons (Fsp3) is 0.235. The summed E-state index contributed by atoms with van der Waals surface area (Å²) in [6.45, 7) is 0. The number of hydrogen-bond acceptors (Lipinski definition) is 4. The standard InChI is InChI=1S/C17H16FNO4S/c18-14-7-4-8-15(23-13-5-2-1-3-6-13)16(14)19-17(20)12-9-10-24(21,22)11-12/h1-8,12H,9-11H2,(H,19,20). The maximum absolute atomic E-state index is 14.1. The molecule has 0 spiro atoms. The van der Waals surface area contributed by atoms with E-state index < -0.39 is 27.5 Å². The van der Waals surface area contributed by atoms with Crippen molar-refractivity contribution in [3.8, 4) is 11.5 Å². The zero-order valence-corrected chi connectivity index (χ0v) is 13.6. The number of rotatable bonds is 4. The SMILES string of the molecule is O=C(Nc1c(F)cccc1Oc1ccccc1)C1CCS(=O)(=O)C1. The Kier molecular flexibility index (Phi) is 4.53. The first-order valence-electron chi connectivity index (χ1n) is 7.47. The third kappa shape index (κ3) is 3.73. The van der Waals surface area contributed by atoms with Gasteiger partial charge < -0.3 is 10.1 Å². The Hall–Kier alpha value is -2.41. The van der Waals surface area contributed by atoms with Gasteiger partial charge in [-0.1, -0.05) is 24.3 Å². The highest BCUT2D eigenvalue weighted by Gasteiger charge is 2.33. The van der Waals surface area contributed by atoms with Crippen molar-refractivity contribution in [3.63, 3.8) is 0 Å². The highest BCUT2D eigenvalue weighted by Crippen LogP contribution is 2.32. The molecule has 5 nitrogen and oxygen atoms in total. The summed E-state index contributed by atoms with van der Waals surface area (Å²) in [6, 6.07) is 13.0. The minimum absolute atomic E-state index is 0.0181. The predicted octanol–water partition coefficient (Wildman–Crippen LogP) is 2.99. The van der Waals surface area contributed by atoms with Gasteiger partial charge in [-0.2, -0.15) is 0 Å². The van der Waals surface area contributed by atoms with Crippen LogP contribution in [0.25, 0.3) is 0 Å². The third-order valence-electron chi connectivity index (χ3n) is 3.80. The van der Waals surface area contributed by atoms with Crippen molar-refractivity contribution in [1.82, 2.24) is 0 Å². The van der Waals surface area contributed by atoms with Gasteiger partial charge in [0.05, 0.1) is 17.4 Å². The number of carbonyl (C=O) groups excluding carboxylic acids is 1. The lowest BCUT2D eigenvalue weighted by molar-refractivity contribution is -0.119. The van der Waals surface area contributed by atoms with E-state index in [0.717, 1.165) is 0 Å². The molecule has 1 aliphatic rings. The first kappa shape index (κ1) is 16.4. The fourth-order valence-corrected chi connectivity index (χ4v) is 4.29. The van der Waals surface area contributed by atoms with E-state index in [9.17, 15) is 17.6 Å². The number of sulfone groups is 1. The Morgan fingerprint density at radius 1 is 1.12 bits per heavy atom. The Balaban J connectivity index is 1.81. The van der Waals surface area contributed by atoms with Crippen LogP contribution in [0.1, 0.15) is 6.42 Å². The average molecular weight is 349 g/mol. The van der Waals surface area contributed by atoms with E-state index >= 15 is 0 Å². The summed E-state index contributed by atoms with van der Waals surface area (Å²) in [4.78, 5) is 12.3. The summed E-state index contributed by atoms with van der Waals surface area (Å²) in [5.41, 5.74) is -0.0874. The van der Waals surface area contributed by atoms with E-state index in [1.165, 1.54) is 18.2 Å². The van der Waals surface area contributed by atoms with Crippen molar-refractivity contribution in [2.45, 2.75) is 6.42 Å². The van der Waals surface area contributed by atoms with Gasteiger partial charge in [-0.15, -0.1) is 0 Å².